The van der Waals surface area contributed by atoms with Gasteiger partial charge in [-0.15, -0.1) is 0 Å². The summed E-state index contributed by atoms with van der Waals surface area (Å²) in [5, 5.41) is 0. The average Bonchev–Trinajstić information content (AvgIpc) is 2.55. The number of ether oxygens (including phenoxy) is 3. The van der Waals surface area contributed by atoms with Crippen LogP contribution in [0, 0.1) is 0 Å². The Hall–Kier alpha value is -3.03. The Morgan fingerprint density at radius 1 is 1.17 bits per heavy atom. The van der Waals surface area contributed by atoms with Crippen molar-refractivity contribution in [3.63, 3.8) is 0 Å². The highest BCUT2D eigenvalue weighted by atomic mass is 16.5. The normalized spacial score (nSPS) is 10.3. The molecule has 1 heterocycles. The Labute approximate surface area is 139 Å². The van der Waals surface area contributed by atoms with E-state index in [1.165, 1.54) is 21.1 Å². The van der Waals surface area contributed by atoms with Crippen molar-refractivity contribution in [1.82, 2.24) is 9.97 Å². The van der Waals surface area contributed by atoms with Crippen LogP contribution in [0.2, 0.25) is 0 Å². The van der Waals surface area contributed by atoms with Gasteiger partial charge in [0.2, 0.25) is 11.7 Å². The first-order valence-electron chi connectivity index (χ1n) is 7.18. The predicted molar refractivity (Wildman–Crippen MR) is 89.4 cm³/mol. The standard InChI is InChI=1S/C16H20N4O4/c1-9(21)8-24-14-12(22-2)5-10(6-13(14)23-3)4-11-7-19-16(18)20-15(11)17/h5-7H,4,8H2,1-3H3,(H4,17,18,19,20). The maximum Gasteiger partial charge on any atom is 0.221 e. The van der Waals surface area contributed by atoms with E-state index < -0.39 is 0 Å². The second kappa shape index (κ2) is 7.49. The predicted octanol–water partition coefficient (Wildman–Crippen LogP) is 1.22. The van der Waals surface area contributed by atoms with Crippen LogP contribution in [0.3, 0.4) is 0 Å². The number of hydrogen-bond acceptors (Lipinski definition) is 8. The van der Waals surface area contributed by atoms with Gasteiger partial charge in [0.05, 0.1) is 14.2 Å². The number of carbonyl (C=O) groups excluding carboxylic acids is 1. The van der Waals surface area contributed by atoms with Crippen LogP contribution < -0.4 is 25.7 Å². The number of rotatable bonds is 7. The minimum absolute atomic E-state index is 0.0647. The van der Waals surface area contributed by atoms with Crippen LogP contribution in [-0.2, 0) is 11.2 Å². The largest absolute Gasteiger partial charge is 0.493 e. The SMILES string of the molecule is COc1cc(Cc2cnc(N)nc2N)cc(OC)c1OCC(C)=O. The summed E-state index contributed by atoms with van der Waals surface area (Å²) in [6, 6.07) is 3.57. The number of ketones is 1. The molecule has 0 spiro atoms. The van der Waals surface area contributed by atoms with Crippen molar-refractivity contribution in [2.75, 3.05) is 32.3 Å². The van der Waals surface area contributed by atoms with Crippen LogP contribution in [0.5, 0.6) is 17.2 Å². The summed E-state index contributed by atoms with van der Waals surface area (Å²) in [6.07, 6.45) is 2.04. The summed E-state index contributed by atoms with van der Waals surface area (Å²) in [6.45, 7) is 1.38. The van der Waals surface area contributed by atoms with Crippen molar-refractivity contribution >= 4 is 17.5 Å². The third-order valence-electron chi connectivity index (χ3n) is 3.25. The molecule has 2 rings (SSSR count). The van der Waals surface area contributed by atoms with Gasteiger partial charge in [0.25, 0.3) is 0 Å². The van der Waals surface area contributed by atoms with Crippen LogP contribution in [0.4, 0.5) is 11.8 Å². The summed E-state index contributed by atoms with van der Waals surface area (Å²) < 4.78 is 16.2. The molecule has 1 aromatic heterocycles. The minimum atomic E-state index is -0.102. The molecular weight excluding hydrogens is 312 g/mol. The maximum atomic E-state index is 11.1. The van der Waals surface area contributed by atoms with E-state index in [9.17, 15) is 4.79 Å². The monoisotopic (exact) mass is 332 g/mol. The van der Waals surface area contributed by atoms with Gasteiger partial charge in [-0.3, -0.25) is 4.79 Å². The first-order valence-corrected chi connectivity index (χ1v) is 7.18. The molecule has 0 aliphatic heterocycles. The average molecular weight is 332 g/mol. The van der Waals surface area contributed by atoms with Crippen molar-refractivity contribution in [2.24, 2.45) is 0 Å². The first-order chi connectivity index (χ1) is 11.4. The molecule has 128 valence electrons. The molecule has 0 fully saturated rings. The van der Waals surface area contributed by atoms with Crippen molar-refractivity contribution in [3.8, 4) is 17.2 Å². The number of hydrogen-bond donors (Lipinski definition) is 2. The van der Waals surface area contributed by atoms with E-state index in [0.29, 0.717) is 29.5 Å². The smallest absolute Gasteiger partial charge is 0.221 e. The zero-order chi connectivity index (χ0) is 17.7. The van der Waals surface area contributed by atoms with Crippen molar-refractivity contribution in [3.05, 3.63) is 29.5 Å². The lowest BCUT2D eigenvalue weighted by molar-refractivity contribution is -0.118. The van der Waals surface area contributed by atoms with Gasteiger partial charge in [0.1, 0.15) is 12.4 Å². The van der Waals surface area contributed by atoms with Crippen LogP contribution in [0.1, 0.15) is 18.1 Å². The van der Waals surface area contributed by atoms with E-state index in [4.69, 9.17) is 25.7 Å². The lowest BCUT2D eigenvalue weighted by Gasteiger charge is -2.16. The highest BCUT2D eigenvalue weighted by molar-refractivity contribution is 5.77. The molecule has 2 aromatic rings. The molecular formula is C16H20N4O4. The van der Waals surface area contributed by atoms with Crippen molar-refractivity contribution < 1.29 is 19.0 Å². The molecule has 0 bridgehead atoms. The fraction of sp³-hybridized carbons (Fsp3) is 0.312. The Bertz CT molecular complexity index is 724. The Morgan fingerprint density at radius 3 is 2.29 bits per heavy atom. The van der Waals surface area contributed by atoms with Gasteiger partial charge in [-0.25, -0.2) is 4.98 Å². The summed E-state index contributed by atoms with van der Waals surface area (Å²) >= 11 is 0. The van der Waals surface area contributed by atoms with Gasteiger partial charge in [0, 0.05) is 18.2 Å². The third kappa shape index (κ3) is 4.03. The van der Waals surface area contributed by atoms with Gasteiger partial charge in [-0.2, -0.15) is 4.98 Å². The third-order valence-corrected chi connectivity index (χ3v) is 3.25. The van der Waals surface area contributed by atoms with Gasteiger partial charge in [-0.05, 0) is 24.6 Å². The van der Waals surface area contributed by atoms with E-state index >= 15 is 0 Å². The quantitative estimate of drug-likeness (QED) is 0.776. The summed E-state index contributed by atoms with van der Waals surface area (Å²) in [5.41, 5.74) is 13.0. The maximum absolute atomic E-state index is 11.1. The summed E-state index contributed by atoms with van der Waals surface area (Å²) in [7, 11) is 3.03. The molecule has 0 aliphatic carbocycles. The number of nitrogen functional groups attached to an aromatic ring is 2. The molecule has 1 aromatic carbocycles. The molecule has 0 atom stereocenters. The minimum Gasteiger partial charge on any atom is -0.493 e. The summed E-state index contributed by atoms with van der Waals surface area (Å²) in [5.74, 6) is 1.63. The van der Waals surface area contributed by atoms with Gasteiger partial charge < -0.3 is 25.7 Å². The highest BCUT2D eigenvalue weighted by Gasteiger charge is 2.16. The summed E-state index contributed by atoms with van der Waals surface area (Å²) in [4.78, 5) is 19.0. The molecule has 0 saturated carbocycles. The van der Waals surface area contributed by atoms with E-state index in [2.05, 4.69) is 9.97 Å². The molecule has 0 aliphatic rings. The zero-order valence-corrected chi connectivity index (χ0v) is 13.8. The van der Waals surface area contributed by atoms with Crippen LogP contribution in [-0.4, -0.2) is 36.6 Å². The van der Waals surface area contributed by atoms with Crippen molar-refractivity contribution in [2.45, 2.75) is 13.3 Å². The van der Waals surface area contributed by atoms with E-state index in [1.54, 1.807) is 18.3 Å². The fourth-order valence-corrected chi connectivity index (χ4v) is 2.14. The number of carbonyl (C=O) groups is 1. The molecule has 0 unspecified atom stereocenters. The van der Waals surface area contributed by atoms with E-state index in [1.807, 2.05) is 0 Å². The molecule has 8 nitrogen and oxygen atoms in total. The highest BCUT2D eigenvalue weighted by Crippen LogP contribution is 2.39. The topological polar surface area (TPSA) is 123 Å². The van der Waals surface area contributed by atoms with Crippen LogP contribution >= 0.6 is 0 Å². The van der Waals surface area contributed by atoms with Gasteiger partial charge in [-0.1, -0.05) is 0 Å². The number of anilines is 2. The number of aromatic nitrogens is 2. The number of methoxy groups -OCH3 is 2. The number of Topliss-reactive ketones (excluding diaryl/α,β-unsaturated/α-hetero) is 1. The fourth-order valence-electron chi connectivity index (χ4n) is 2.14. The van der Waals surface area contributed by atoms with Crippen LogP contribution in [0.15, 0.2) is 18.3 Å². The van der Waals surface area contributed by atoms with Crippen LogP contribution in [0.25, 0.3) is 0 Å². The molecule has 8 heteroatoms. The number of nitrogens with zero attached hydrogens (tertiary/aromatic N) is 2. The van der Waals surface area contributed by atoms with Gasteiger partial charge >= 0.3 is 0 Å². The Balaban J connectivity index is 2.35. The Kier molecular flexibility index (Phi) is 5.41. The molecule has 24 heavy (non-hydrogen) atoms. The van der Waals surface area contributed by atoms with Gasteiger partial charge in [0.15, 0.2) is 17.3 Å². The second-order valence-corrected chi connectivity index (χ2v) is 5.14. The molecule has 0 amide bonds. The van der Waals surface area contributed by atoms with E-state index in [0.717, 1.165) is 11.1 Å². The zero-order valence-electron chi connectivity index (χ0n) is 13.8. The molecule has 0 radical (unpaired) electrons. The first kappa shape index (κ1) is 17.3. The lowest BCUT2D eigenvalue weighted by atomic mass is 10.1. The number of nitrogens with two attached hydrogens (primary N) is 2. The molecule has 4 N–H and O–H groups in total. The lowest BCUT2D eigenvalue weighted by Crippen LogP contribution is -2.09. The number of benzene rings is 1. The second-order valence-electron chi connectivity index (χ2n) is 5.14. The molecule has 0 saturated heterocycles. The Morgan fingerprint density at radius 2 is 1.79 bits per heavy atom. The van der Waals surface area contributed by atoms with Crippen molar-refractivity contribution in [1.29, 1.82) is 0 Å². The van der Waals surface area contributed by atoms with E-state index in [-0.39, 0.29) is 18.3 Å².